The van der Waals surface area contributed by atoms with Crippen molar-refractivity contribution in [3.8, 4) is 28.3 Å². The molecule has 0 aliphatic heterocycles. The fraction of sp³-hybridized carbons (Fsp3) is 0.222. The second-order valence-corrected chi connectivity index (χ2v) is 25.4. The minimum atomic E-state index is -1.72. The average Bonchev–Trinajstić information content (AvgIpc) is 3.71. The molecule has 0 amide bonds. The normalized spacial score (nSPS) is 11.7. The van der Waals surface area contributed by atoms with Crippen LogP contribution in [0.1, 0.15) is 56.4 Å². The molecule has 0 unspecified atom stereocenters. The summed E-state index contributed by atoms with van der Waals surface area (Å²) < 4.78 is 10.2. The van der Waals surface area contributed by atoms with Gasteiger partial charge in [0.1, 0.15) is 5.58 Å². The van der Waals surface area contributed by atoms with Gasteiger partial charge in [-0.05, 0) is 42.0 Å². The van der Waals surface area contributed by atoms with Crippen molar-refractivity contribution in [2.24, 2.45) is 0 Å². The van der Waals surface area contributed by atoms with E-state index >= 15 is 0 Å². The summed E-state index contributed by atoms with van der Waals surface area (Å²) >= 11 is -1.72. The van der Waals surface area contributed by atoms with E-state index in [1.165, 1.54) is 21.2 Å². The molecule has 52 heavy (non-hydrogen) atoms. The Balaban J connectivity index is 0.000000230. The third kappa shape index (κ3) is 7.17. The zero-order valence-corrected chi connectivity index (χ0v) is 35.6. The first-order chi connectivity index (χ1) is 24.5. The van der Waals surface area contributed by atoms with E-state index in [2.05, 4.69) is 121 Å². The molecule has 0 spiro atoms. The number of imidazole rings is 1. The molecule has 5 nitrogen and oxygen atoms in total. The number of fused-ring (bicyclic) bond motifs is 4. The smallest absolute Gasteiger partial charge is 0 e. The van der Waals surface area contributed by atoms with Gasteiger partial charge in [-0.25, -0.2) is 0 Å². The monoisotopic (exact) mass is 923 g/mol. The van der Waals surface area contributed by atoms with E-state index in [1.807, 2.05) is 67.0 Å². The molecule has 265 valence electrons. The molecule has 0 atom stereocenters. The van der Waals surface area contributed by atoms with Crippen LogP contribution in [-0.4, -0.2) is 32.8 Å². The summed E-state index contributed by atoms with van der Waals surface area (Å²) in [5, 5.41) is 2.17. The summed E-state index contributed by atoms with van der Waals surface area (Å²) in [4.78, 5) is 14.4. The number of benzene rings is 4. The SMILES string of the molecule is Cc1nccc2nc(-c3[c-]ccc4c3oc3ccccc34)n(-c3c(C(C)C)cccc3C(C)C)c12.[CH3][Ge]([CH3])([CH3])[c]1ccc(-c2[c-]cccc2)nc1.[Ir]. The van der Waals surface area contributed by atoms with Crippen molar-refractivity contribution in [2.75, 3.05) is 0 Å². The molecule has 4 aromatic carbocycles. The van der Waals surface area contributed by atoms with E-state index in [4.69, 9.17) is 9.40 Å². The Morgan fingerprint density at radius 2 is 1.46 bits per heavy atom. The average molecular weight is 922 g/mol. The molecular weight excluding hydrogens is 877 g/mol. The number of aryl methyl sites for hydroxylation is 1. The number of hydrogen-bond acceptors (Lipinski definition) is 4. The quantitative estimate of drug-likeness (QED) is 0.123. The van der Waals surface area contributed by atoms with Gasteiger partial charge in [0.25, 0.3) is 0 Å². The van der Waals surface area contributed by atoms with E-state index in [1.54, 1.807) is 0 Å². The molecule has 7 heteroatoms. The molecule has 0 bridgehead atoms. The zero-order chi connectivity index (χ0) is 35.9. The standard InChI is InChI=1S/C31H28N3O.C14H16GeN.Ir/c1-18(2)21-11-8-12-22(19(3)4)29(21)34-28-20(5)32-17-16-26(28)33-31(34)25-14-9-13-24-23-10-6-7-15-27(23)35-30(24)25;1-15(2,3)13-9-10-14(16-11-13)12-7-5-4-6-8-12;/h6-13,15-19H,1-5H3;4-7,9-11H,1-3H3;/q2*-1;. The van der Waals surface area contributed by atoms with Crippen molar-refractivity contribution in [1.82, 2.24) is 19.5 Å². The molecule has 0 N–H and O–H groups in total. The minimum Gasteiger partial charge on any atom is 0 e. The largest absolute Gasteiger partial charge is 0 e. The molecule has 4 heterocycles. The molecule has 0 aliphatic rings. The van der Waals surface area contributed by atoms with Gasteiger partial charge in [0, 0.05) is 37.4 Å². The zero-order valence-electron chi connectivity index (χ0n) is 31.1. The first-order valence-corrected chi connectivity index (χ1v) is 25.1. The second kappa shape index (κ2) is 15.3. The fourth-order valence-electron chi connectivity index (χ4n) is 6.74. The number of aromatic nitrogens is 4. The van der Waals surface area contributed by atoms with Crippen LogP contribution in [0.3, 0.4) is 0 Å². The molecule has 8 aromatic rings. The predicted molar refractivity (Wildman–Crippen MR) is 215 cm³/mol. The van der Waals surface area contributed by atoms with Gasteiger partial charge in [0.2, 0.25) is 0 Å². The van der Waals surface area contributed by atoms with Crippen LogP contribution < -0.4 is 4.40 Å². The van der Waals surface area contributed by atoms with Crippen LogP contribution in [-0.2, 0) is 20.1 Å². The van der Waals surface area contributed by atoms with E-state index in [0.717, 1.165) is 61.3 Å². The maximum atomic E-state index is 6.41. The van der Waals surface area contributed by atoms with Gasteiger partial charge in [0.05, 0.1) is 28.1 Å². The van der Waals surface area contributed by atoms with Crippen LogP contribution in [0.4, 0.5) is 0 Å². The summed E-state index contributed by atoms with van der Waals surface area (Å²) in [6.07, 6.45) is 3.87. The van der Waals surface area contributed by atoms with Crippen molar-refractivity contribution >= 4 is 50.6 Å². The maximum Gasteiger partial charge on any atom is 0 e. The molecule has 0 saturated carbocycles. The van der Waals surface area contributed by atoms with Crippen LogP contribution in [0.5, 0.6) is 0 Å². The van der Waals surface area contributed by atoms with Gasteiger partial charge in [-0.15, -0.1) is 18.2 Å². The third-order valence-electron chi connectivity index (χ3n) is 9.49. The first-order valence-electron chi connectivity index (χ1n) is 17.8. The van der Waals surface area contributed by atoms with E-state index in [0.29, 0.717) is 11.8 Å². The molecule has 0 saturated heterocycles. The number of hydrogen-bond donors (Lipinski definition) is 0. The molecule has 8 rings (SSSR count). The van der Waals surface area contributed by atoms with Gasteiger partial charge in [-0.3, -0.25) is 9.97 Å². The fourth-order valence-corrected chi connectivity index (χ4v) is 8.91. The van der Waals surface area contributed by atoms with Crippen molar-refractivity contribution < 1.29 is 24.5 Å². The minimum absolute atomic E-state index is 0. The topological polar surface area (TPSA) is 56.7 Å². The van der Waals surface area contributed by atoms with Crippen molar-refractivity contribution in [2.45, 2.75) is 63.7 Å². The molecular formula is C45H44GeIrN4O-2. The number of rotatable bonds is 6. The molecule has 0 aliphatic carbocycles. The van der Waals surface area contributed by atoms with E-state index < -0.39 is 13.3 Å². The predicted octanol–water partition coefficient (Wildman–Crippen LogP) is 11.4. The number of furan rings is 1. The van der Waals surface area contributed by atoms with Gasteiger partial charge >= 0.3 is 99.8 Å². The summed E-state index contributed by atoms with van der Waals surface area (Å²) in [6.45, 7) is 11.1. The summed E-state index contributed by atoms with van der Waals surface area (Å²) in [7, 11) is 0. The molecule has 4 aromatic heterocycles. The van der Waals surface area contributed by atoms with Crippen molar-refractivity contribution in [1.29, 1.82) is 0 Å². The summed E-state index contributed by atoms with van der Waals surface area (Å²) in [6, 6.07) is 39.8. The van der Waals surface area contributed by atoms with E-state index in [-0.39, 0.29) is 20.1 Å². The second-order valence-electron chi connectivity index (χ2n) is 14.8. The number of nitrogens with zero attached hydrogens (tertiary/aromatic N) is 4. The summed E-state index contributed by atoms with van der Waals surface area (Å²) in [5.74, 6) is 8.66. The summed E-state index contributed by atoms with van der Waals surface area (Å²) in [5.41, 5.74) is 11.3. The van der Waals surface area contributed by atoms with Crippen molar-refractivity contribution in [3.05, 3.63) is 138 Å². The van der Waals surface area contributed by atoms with Crippen LogP contribution in [0.2, 0.25) is 17.3 Å². The van der Waals surface area contributed by atoms with Gasteiger partial charge in [-0.1, -0.05) is 75.0 Å². The Morgan fingerprint density at radius 3 is 2.12 bits per heavy atom. The molecule has 0 fully saturated rings. The Morgan fingerprint density at radius 1 is 0.731 bits per heavy atom. The molecule has 1 radical (unpaired) electrons. The van der Waals surface area contributed by atoms with Crippen LogP contribution in [0.15, 0.2) is 114 Å². The van der Waals surface area contributed by atoms with E-state index in [9.17, 15) is 0 Å². The maximum absolute atomic E-state index is 6.41. The van der Waals surface area contributed by atoms with Crippen LogP contribution in [0, 0.1) is 19.1 Å². The van der Waals surface area contributed by atoms with Crippen LogP contribution >= 0.6 is 0 Å². The third-order valence-corrected chi connectivity index (χ3v) is 13.7. The number of para-hydroxylation sites is 2. The van der Waals surface area contributed by atoms with Gasteiger partial charge in [-0.2, -0.15) is 0 Å². The van der Waals surface area contributed by atoms with Gasteiger partial charge < -0.3 is 8.98 Å². The number of pyridine rings is 2. The Hall–Kier alpha value is -4.36. The Labute approximate surface area is 323 Å². The first kappa shape index (κ1) is 37.4. The van der Waals surface area contributed by atoms with Crippen LogP contribution in [0.25, 0.3) is 61.3 Å². The Kier molecular flexibility index (Phi) is 11.0. The van der Waals surface area contributed by atoms with Gasteiger partial charge in [0.15, 0.2) is 0 Å². The Bertz CT molecular complexity index is 2450. The van der Waals surface area contributed by atoms with Crippen molar-refractivity contribution in [3.63, 3.8) is 0 Å².